The molecule has 1 N–H and O–H groups in total. The van der Waals surface area contributed by atoms with E-state index in [2.05, 4.69) is 12.6 Å². The molecule has 0 aromatic heterocycles. The first-order valence-corrected chi connectivity index (χ1v) is 8.40. The third-order valence-corrected chi connectivity index (χ3v) is 5.34. The molecule has 1 aliphatic heterocycles. The van der Waals surface area contributed by atoms with E-state index in [1.807, 2.05) is 30.3 Å². The van der Waals surface area contributed by atoms with Gasteiger partial charge in [-0.05, 0) is 18.6 Å². The van der Waals surface area contributed by atoms with Gasteiger partial charge in [0.2, 0.25) is 5.91 Å². The molecule has 0 radical (unpaired) electrons. The second kappa shape index (κ2) is 7.22. The van der Waals surface area contributed by atoms with Gasteiger partial charge < -0.3 is 10.0 Å². The van der Waals surface area contributed by atoms with Gasteiger partial charge in [-0.3, -0.25) is 4.79 Å². The van der Waals surface area contributed by atoms with Crippen LogP contribution in [0.15, 0.2) is 35.2 Å². The zero-order chi connectivity index (χ0) is 15.4. The molecular formula is C15H19NO3S2. The summed E-state index contributed by atoms with van der Waals surface area (Å²) in [7, 11) is 0. The zero-order valence-corrected chi connectivity index (χ0v) is 13.5. The van der Waals surface area contributed by atoms with Crippen molar-refractivity contribution in [1.29, 1.82) is 0 Å². The zero-order valence-electron chi connectivity index (χ0n) is 11.8. The van der Waals surface area contributed by atoms with Crippen LogP contribution in [0.1, 0.15) is 13.3 Å². The number of carbonyl (C=O) groups is 2. The maximum atomic E-state index is 12.3. The van der Waals surface area contributed by atoms with Crippen LogP contribution in [0.4, 0.5) is 0 Å². The minimum absolute atomic E-state index is 0.115. The summed E-state index contributed by atoms with van der Waals surface area (Å²) in [5.41, 5.74) is 0. The number of rotatable bonds is 5. The summed E-state index contributed by atoms with van der Waals surface area (Å²) in [6.07, 6.45) is 0.486. The second-order valence-corrected chi connectivity index (χ2v) is 6.96. The van der Waals surface area contributed by atoms with Crippen LogP contribution in [-0.2, 0) is 9.59 Å². The predicted octanol–water partition coefficient (Wildman–Crippen LogP) is 2.40. The molecule has 4 nitrogen and oxygen atoms in total. The molecule has 1 fully saturated rings. The number of nitrogens with zero attached hydrogens (tertiary/aromatic N) is 1. The number of carboxylic acid groups (broad SMARTS) is 1. The number of thioether (sulfide) groups is 1. The number of carboxylic acids is 1. The van der Waals surface area contributed by atoms with Crippen LogP contribution >= 0.6 is 24.4 Å². The molecule has 1 aliphatic rings. The predicted molar refractivity (Wildman–Crippen MR) is 86.9 cm³/mol. The number of aliphatic carboxylic acids is 1. The number of hydrogen-bond acceptors (Lipinski definition) is 4. The topological polar surface area (TPSA) is 57.6 Å². The Labute approximate surface area is 134 Å². The second-order valence-electron chi connectivity index (χ2n) is 5.22. The van der Waals surface area contributed by atoms with Gasteiger partial charge in [-0.15, -0.1) is 11.8 Å². The Hall–Kier alpha value is -1.14. The molecule has 114 valence electrons. The first-order valence-electron chi connectivity index (χ1n) is 6.88. The Bertz CT molecular complexity index is 509. The summed E-state index contributed by atoms with van der Waals surface area (Å²) in [6.45, 7) is 2.26. The molecule has 0 bridgehead atoms. The van der Waals surface area contributed by atoms with Crippen LogP contribution in [-0.4, -0.2) is 45.5 Å². The van der Waals surface area contributed by atoms with Crippen LogP contribution in [0.25, 0.3) is 0 Å². The van der Waals surface area contributed by atoms with Crippen molar-refractivity contribution >= 4 is 36.3 Å². The Kier molecular flexibility index (Phi) is 5.58. The van der Waals surface area contributed by atoms with Crippen molar-refractivity contribution < 1.29 is 14.7 Å². The summed E-state index contributed by atoms with van der Waals surface area (Å²) in [5, 5.41) is 9.46. The highest BCUT2D eigenvalue weighted by Crippen LogP contribution is 2.33. The van der Waals surface area contributed by atoms with Crippen LogP contribution in [0.2, 0.25) is 0 Å². The highest BCUT2D eigenvalue weighted by molar-refractivity contribution is 8.00. The van der Waals surface area contributed by atoms with Crippen molar-refractivity contribution in [2.24, 2.45) is 5.92 Å². The average Bonchev–Trinajstić information content (AvgIpc) is 2.90. The van der Waals surface area contributed by atoms with Crippen molar-refractivity contribution in [1.82, 2.24) is 4.90 Å². The summed E-state index contributed by atoms with van der Waals surface area (Å²) in [4.78, 5) is 26.3. The summed E-state index contributed by atoms with van der Waals surface area (Å²) in [6, 6.07) is 9.14. The van der Waals surface area contributed by atoms with E-state index in [4.69, 9.17) is 0 Å². The van der Waals surface area contributed by atoms with Crippen LogP contribution in [0.5, 0.6) is 0 Å². The van der Waals surface area contributed by atoms with E-state index in [9.17, 15) is 14.7 Å². The number of hydrogen-bond donors (Lipinski definition) is 2. The summed E-state index contributed by atoms with van der Waals surface area (Å²) in [5.74, 6) is -0.867. The maximum absolute atomic E-state index is 12.3. The standard InChI is InChI=1S/C15H19NO3S2/c1-10(9-20)14(17)16-8-12(7-13(16)15(18)19)21-11-5-3-2-4-6-11/h2-6,10,12-13,20H,7-9H2,1H3,(H,18,19)/t10-,12+,13+/m1/s1. The van der Waals surface area contributed by atoms with Crippen molar-refractivity contribution in [3.63, 3.8) is 0 Å². The summed E-state index contributed by atoms with van der Waals surface area (Å²) >= 11 is 5.77. The number of likely N-dealkylation sites (tertiary alicyclic amines) is 1. The number of thiol groups is 1. The van der Waals surface area contributed by atoms with Gasteiger partial charge in [0, 0.05) is 28.4 Å². The van der Waals surface area contributed by atoms with E-state index < -0.39 is 12.0 Å². The lowest BCUT2D eigenvalue weighted by Crippen LogP contribution is -2.43. The lowest BCUT2D eigenvalue weighted by atomic mass is 10.1. The molecule has 3 atom stereocenters. The van der Waals surface area contributed by atoms with E-state index >= 15 is 0 Å². The maximum Gasteiger partial charge on any atom is 0.326 e. The Morgan fingerprint density at radius 3 is 2.67 bits per heavy atom. The minimum atomic E-state index is -0.925. The molecule has 0 spiro atoms. The minimum Gasteiger partial charge on any atom is -0.480 e. The SMILES string of the molecule is C[C@H](CS)C(=O)N1C[C@@H](Sc2ccccc2)C[C@H]1C(=O)O. The molecule has 0 saturated carbocycles. The number of carbonyl (C=O) groups excluding carboxylic acids is 1. The van der Waals surface area contributed by atoms with E-state index in [1.165, 1.54) is 4.90 Å². The molecule has 1 saturated heterocycles. The fourth-order valence-corrected chi connectivity index (χ4v) is 3.78. The highest BCUT2D eigenvalue weighted by Gasteiger charge is 2.40. The lowest BCUT2D eigenvalue weighted by molar-refractivity contribution is -0.149. The molecule has 1 amide bonds. The molecule has 0 unspecified atom stereocenters. The quantitative estimate of drug-likeness (QED) is 0.816. The third kappa shape index (κ3) is 3.95. The van der Waals surface area contributed by atoms with Crippen LogP contribution < -0.4 is 0 Å². The van der Waals surface area contributed by atoms with Gasteiger partial charge in [0.25, 0.3) is 0 Å². The van der Waals surface area contributed by atoms with Crippen LogP contribution in [0, 0.1) is 5.92 Å². The van der Waals surface area contributed by atoms with E-state index in [0.717, 1.165) is 4.90 Å². The molecule has 6 heteroatoms. The molecular weight excluding hydrogens is 306 g/mol. The van der Waals surface area contributed by atoms with Crippen molar-refractivity contribution in [3.05, 3.63) is 30.3 Å². The van der Waals surface area contributed by atoms with Gasteiger partial charge >= 0.3 is 5.97 Å². The Morgan fingerprint density at radius 2 is 2.10 bits per heavy atom. The monoisotopic (exact) mass is 325 g/mol. The van der Waals surface area contributed by atoms with E-state index in [1.54, 1.807) is 18.7 Å². The van der Waals surface area contributed by atoms with Gasteiger partial charge in [-0.2, -0.15) is 12.6 Å². The molecule has 2 rings (SSSR count). The normalized spacial score (nSPS) is 23.0. The number of benzene rings is 1. The van der Waals surface area contributed by atoms with Gasteiger partial charge in [0.15, 0.2) is 0 Å². The number of amides is 1. The van der Waals surface area contributed by atoms with Gasteiger partial charge in [-0.1, -0.05) is 25.1 Å². The van der Waals surface area contributed by atoms with E-state index in [0.29, 0.717) is 18.7 Å². The third-order valence-electron chi connectivity index (χ3n) is 3.57. The Balaban J connectivity index is 2.08. The van der Waals surface area contributed by atoms with Crippen molar-refractivity contribution in [2.45, 2.75) is 29.5 Å². The molecule has 21 heavy (non-hydrogen) atoms. The average molecular weight is 325 g/mol. The first-order chi connectivity index (χ1) is 10.0. The fourth-order valence-electron chi connectivity index (χ4n) is 2.41. The first kappa shape index (κ1) is 16.2. The molecule has 0 aliphatic carbocycles. The van der Waals surface area contributed by atoms with E-state index in [-0.39, 0.29) is 17.1 Å². The largest absolute Gasteiger partial charge is 0.480 e. The lowest BCUT2D eigenvalue weighted by Gasteiger charge is -2.24. The highest BCUT2D eigenvalue weighted by atomic mass is 32.2. The molecule has 1 aromatic rings. The van der Waals surface area contributed by atoms with Gasteiger partial charge in [0.05, 0.1) is 0 Å². The summed E-state index contributed by atoms with van der Waals surface area (Å²) < 4.78 is 0. The molecule has 1 aromatic carbocycles. The smallest absolute Gasteiger partial charge is 0.326 e. The Morgan fingerprint density at radius 1 is 1.43 bits per heavy atom. The van der Waals surface area contributed by atoms with Gasteiger partial charge in [0.1, 0.15) is 6.04 Å². The van der Waals surface area contributed by atoms with Crippen molar-refractivity contribution in [2.75, 3.05) is 12.3 Å². The van der Waals surface area contributed by atoms with Gasteiger partial charge in [-0.25, -0.2) is 4.79 Å². The molecule has 1 heterocycles. The fraction of sp³-hybridized carbons (Fsp3) is 0.467. The van der Waals surface area contributed by atoms with Crippen molar-refractivity contribution in [3.8, 4) is 0 Å². The van der Waals surface area contributed by atoms with Crippen LogP contribution in [0.3, 0.4) is 0 Å².